The molecule has 212 valence electrons. The van der Waals surface area contributed by atoms with E-state index in [0.717, 1.165) is 22.1 Å². The Morgan fingerprint density at radius 2 is 1.73 bits per heavy atom. The number of amides is 1. The van der Waals surface area contributed by atoms with Crippen LogP contribution < -0.4 is 20.2 Å². The number of hydrogen-bond acceptors (Lipinski definition) is 9. The van der Waals surface area contributed by atoms with Crippen LogP contribution in [0.2, 0.25) is 0 Å². The minimum absolute atomic E-state index is 0.239. The van der Waals surface area contributed by atoms with Crippen LogP contribution >= 0.6 is 27.3 Å². The van der Waals surface area contributed by atoms with Crippen LogP contribution in [0.1, 0.15) is 35.3 Å². The number of benzene rings is 3. The second kappa shape index (κ2) is 14.4. The first-order chi connectivity index (χ1) is 19.9. The number of thiazole rings is 1. The van der Waals surface area contributed by atoms with Gasteiger partial charge in [0, 0.05) is 32.2 Å². The summed E-state index contributed by atoms with van der Waals surface area (Å²) >= 11 is 4.98. The largest absolute Gasteiger partial charge is 0.490 e. The van der Waals surface area contributed by atoms with Crippen molar-refractivity contribution in [3.8, 4) is 22.8 Å². The molecular weight excluding hydrogens is 608 g/mol. The number of halogens is 1. The maximum Gasteiger partial charge on any atom is 0.344 e. The van der Waals surface area contributed by atoms with E-state index in [-0.39, 0.29) is 19.1 Å². The van der Waals surface area contributed by atoms with Gasteiger partial charge in [-0.1, -0.05) is 29.8 Å². The lowest BCUT2D eigenvalue weighted by Gasteiger charge is -2.13. The quantitative estimate of drug-likeness (QED) is 0.101. The Morgan fingerprint density at radius 1 is 1.00 bits per heavy atom. The van der Waals surface area contributed by atoms with Crippen LogP contribution in [0, 0.1) is 6.92 Å². The summed E-state index contributed by atoms with van der Waals surface area (Å²) in [6.07, 6.45) is 1.49. The van der Waals surface area contributed by atoms with E-state index in [2.05, 4.69) is 36.8 Å². The molecule has 4 aromatic rings. The monoisotopic (exact) mass is 636 g/mol. The Hall–Kier alpha value is -4.22. The molecule has 0 fully saturated rings. The summed E-state index contributed by atoms with van der Waals surface area (Å²) < 4.78 is 16.8. The topological polar surface area (TPSA) is 111 Å². The number of rotatable bonds is 12. The molecule has 4 rings (SSSR count). The van der Waals surface area contributed by atoms with Crippen molar-refractivity contribution in [1.82, 2.24) is 10.4 Å². The highest BCUT2D eigenvalue weighted by atomic mass is 79.9. The second-order valence-electron chi connectivity index (χ2n) is 8.65. The molecule has 1 heterocycles. The Balaban J connectivity index is 1.37. The minimum Gasteiger partial charge on any atom is -0.490 e. The Morgan fingerprint density at radius 3 is 2.44 bits per heavy atom. The Labute approximate surface area is 250 Å². The highest BCUT2D eigenvalue weighted by Crippen LogP contribution is 2.33. The van der Waals surface area contributed by atoms with Gasteiger partial charge in [0.15, 0.2) is 23.2 Å². The van der Waals surface area contributed by atoms with Crippen molar-refractivity contribution in [3.05, 3.63) is 87.2 Å². The number of carbonyl (C=O) groups excluding carboxylic acids is 2. The van der Waals surface area contributed by atoms with Gasteiger partial charge in [-0.15, -0.1) is 11.3 Å². The van der Waals surface area contributed by atoms with Crippen LogP contribution in [0.25, 0.3) is 11.3 Å². The van der Waals surface area contributed by atoms with Crippen LogP contribution in [-0.2, 0) is 9.53 Å². The summed E-state index contributed by atoms with van der Waals surface area (Å²) in [5.74, 6) is -0.0175. The second-order valence-corrected chi connectivity index (χ2v) is 10.4. The fraction of sp³-hybridized carbons (Fsp3) is 0.200. The first-order valence-corrected chi connectivity index (χ1v) is 14.5. The van der Waals surface area contributed by atoms with Gasteiger partial charge in [-0.05, 0) is 73.1 Å². The van der Waals surface area contributed by atoms with E-state index in [1.165, 1.54) is 23.1 Å². The molecule has 0 saturated heterocycles. The molecule has 1 amide bonds. The lowest BCUT2D eigenvalue weighted by molar-refractivity contribution is -0.145. The lowest BCUT2D eigenvalue weighted by atomic mass is 10.1. The van der Waals surface area contributed by atoms with Gasteiger partial charge in [0.25, 0.3) is 5.91 Å². The van der Waals surface area contributed by atoms with E-state index in [0.29, 0.717) is 33.7 Å². The van der Waals surface area contributed by atoms with Crippen molar-refractivity contribution in [2.24, 2.45) is 5.10 Å². The van der Waals surface area contributed by atoms with Crippen molar-refractivity contribution < 1.29 is 23.8 Å². The van der Waals surface area contributed by atoms with Gasteiger partial charge in [-0.3, -0.25) is 4.79 Å². The van der Waals surface area contributed by atoms with Crippen molar-refractivity contribution in [2.45, 2.75) is 20.8 Å². The number of aromatic nitrogens is 1. The number of nitrogens with one attached hydrogen (secondary N) is 2. The van der Waals surface area contributed by atoms with Crippen molar-refractivity contribution in [2.75, 3.05) is 25.1 Å². The molecule has 0 spiro atoms. The number of aryl methyl sites for hydroxylation is 1. The lowest BCUT2D eigenvalue weighted by Crippen LogP contribution is -2.17. The van der Waals surface area contributed by atoms with Crippen LogP contribution in [0.15, 0.2) is 75.6 Å². The molecule has 11 heteroatoms. The summed E-state index contributed by atoms with van der Waals surface area (Å²) in [5.41, 5.74) is 7.53. The molecule has 41 heavy (non-hydrogen) atoms. The Bertz CT molecular complexity index is 1520. The van der Waals surface area contributed by atoms with Gasteiger partial charge < -0.3 is 19.5 Å². The van der Waals surface area contributed by atoms with E-state index in [1.54, 1.807) is 31.2 Å². The molecule has 9 nitrogen and oxygen atoms in total. The summed E-state index contributed by atoms with van der Waals surface area (Å²) in [4.78, 5) is 29.0. The molecule has 0 unspecified atom stereocenters. The number of nitrogens with zero attached hydrogens (tertiary/aromatic N) is 2. The zero-order chi connectivity index (χ0) is 29.2. The summed E-state index contributed by atoms with van der Waals surface area (Å²) in [5, 5.41) is 10.2. The van der Waals surface area contributed by atoms with Crippen molar-refractivity contribution in [3.63, 3.8) is 0 Å². The number of hydrogen-bond donors (Lipinski definition) is 2. The average molecular weight is 638 g/mol. The fourth-order valence-electron chi connectivity index (χ4n) is 3.61. The zero-order valence-electron chi connectivity index (χ0n) is 22.8. The first-order valence-electron chi connectivity index (χ1n) is 12.8. The molecule has 0 bridgehead atoms. The molecule has 3 aromatic carbocycles. The number of carbonyl (C=O) groups is 2. The van der Waals surface area contributed by atoms with Crippen LogP contribution in [-0.4, -0.2) is 42.9 Å². The average Bonchev–Trinajstić information content (AvgIpc) is 3.43. The zero-order valence-corrected chi connectivity index (χ0v) is 25.2. The van der Waals surface area contributed by atoms with Gasteiger partial charge in [0.2, 0.25) is 0 Å². The van der Waals surface area contributed by atoms with Crippen LogP contribution in [0.5, 0.6) is 11.5 Å². The van der Waals surface area contributed by atoms with E-state index in [1.807, 2.05) is 55.6 Å². The number of ether oxygens (including phenoxy) is 3. The fourth-order valence-corrected chi connectivity index (χ4v) is 4.78. The molecule has 0 aliphatic heterocycles. The van der Waals surface area contributed by atoms with E-state index >= 15 is 0 Å². The minimum atomic E-state index is -0.473. The normalized spacial score (nSPS) is 10.8. The third kappa shape index (κ3) is 8.38. The van der Waals surface area contributed by atoms with Gasteiger partial charge in [0.05, 0.1) is 25.1 Å². The Kier molecular flexibility index (Phi) is 10.5. The first kappa shape index (κ1) is 29.8. The summed E-state index contributed by atoms with van der Waals surface area (Å²) in [6.45, 7) is 6.04. The van der Waals surface area contributed by atoms with Crippen molar-refractivity contribution >= 4 is 56.2 Å². The molecule has 0 atom stereocenters. The van der Waals surface area contributed by atoms with Crippen LogP contribution in [0.3, 0.4) is 0 Å². The van der Waals surface area contributed by atoms with E-state index in [9.17, 15) is 9.59 Å². The SMILES string of the molecule is CCOC(=O)COc1cc(Br)c(/C=N\NC(=O)c2ccc(-c3csc(Nc4ccc(C)cc4)n3)cc2)cc1OCC. The maximum atomic E-state index is 12.7. The summed E-state index contributed by atoms with van der Waals surface area (Å²) in [6, 6.07) is 18.7. The standard InChI is InChI=1S/C30H29BrN4O5S/c1-4-38-26-14-22(24(31)15-27(26)40-17-28(36)39-5-2)16-32-35-29(37)21-10-8-20(9-11-21)25-18-41-30(34-25)33-23-12-6-19(3)7-13-23/h6-16,18H,4-5,17H2,1-3H3,(H,33,34)(H,35,37)/b32-16-. The number of hydrazone groups is 1. The van der Waals surface area contributed by atoms with Gasteiger partial charge >= 0.3 is 5.97 Å². The van der Waals surface area contributed by atoms with Crippen LogP contribution in [0.4, 0.5) is 10.8 Å². The molecule has 0 aliphatic rings. The highest BCUT2D eigenvalue weighted by Gasteiger charge is 2.13. The smallest absolute Gasteiger partial charge is 0.344 e. The molecule has 2 N–H and O–H groups in total. The van der Waals surface area contributed by atoms with Gasteiger partial charge in [-0.25, -0.2) is 15.2 Å². The molecule has 0 radical (unpaired) electrons. The van der Waals surface area contributed by atoms with Crippen molar-refractivity contribution in [1.29, 1.82) is 0 Å². The predicted molar refractivity (Wildman–Crippen MR) is 165 cm³/mol. The molecule has 1 aromatic heterocycles. The molecular formula is C30H29BrN4O5S. The maximum absolute atomic E-state index is 12.7. The van der Waals surface area contributed by atoms with E-state index in [4.69, 9.17) is 14.2 Å². The molecule has 0 aliphatic carbocycles. The number of anilines is 2. The third-order valence-electron chi connectivity index (χ3n) is 5.63. The predicted octanol–water partition coefficient (Wildman–Crippen LogP) is 6.73. The summed E-state index contributed by atoms with van der Waals surface area (Å²) in [7, 11) is 0. The van der Waals surface area contributed by atoms with Gasteiger partial charge in [-0.2, -0.15) is 5.10 Å². The number of esters is 1. The molecule has 0 saturated carbocycles. The third-order valence-corrected chi connectivity index (χ3v) is 7.08. The van der Waals surface area contributed by atoms with E-state index < -0.39 is 5.97 Å². The highest BCUT2D eigenvalue weighted by molar-refractivity contribution is 9.10. The van der Waals surface area contributed by atoms with Gasteiger partial charge in [0.1, 0.15) is 0 Å².